The second-order valence-corrected chi connectivity index (χ2v) is 4.85. The summed E-state index contributed by atoms with van der Waals surface area (Å²) < 4.78 is 0. The fourth-order valence-corrected chi connectivity index (χ4v) is 2.27. The predicted octanol–water partition coefficient (Wildman–Crippen LogP) is 1.48. The van der Waals surface area contributed by atoms with Gasteiger partial charge in [-0.1, -0.05) is 29.8 Å². The summed E-state index contributed by atoms with van der Waals surface area (Å²) >= 11 is 6.11. The van der Waals surface area contributed by atoms with Crippen LogP contribution in [0.25, 0.3) is 0 Å². The van der Waals surface area contributed by atoms with Crippen molar-refractivity contribution in [2.75, 3.05) is 19.7 Å². The van der Waals surface area contributed by atoms with E-state index in [9.17, 15) is 0 Å². The predicted molar refractivity (Wildman–Crippen MR) is 78.4 cm³/mol. The molecule has 1 saturated heterocycles. The summed E-state index contributed by atoms with van der Waals surface area (Å²) in [6.45, 7) is 1.95. The second kappa shape index (κ2) is 6.70. The van der Waals surface area contributed by atoms with Crippen molar-refractivity contribution >= 4 is 17.3 Å². The Labute approximate surface area is 118 Å². The maximum absolute atomic E-state index is 9.15. The van der Waals surface area contributed by atoms with Gasteiger partial charge in [-0.2, -0.15) is 0 Å². The number of nitrogens with zero attached hydrogens (tertiary/aromatic N) is 1. The number of nitrogens with one attached hydrogen (secondary N) is 1. The van der Waals surface area contributed by atoms with Crippen molar-refractivity contribution in [3.05, 3.63) is 46.1 Å². The lowest BCUT2D eigenvalue weighted by Crippen LogP contribution is -2.34. The molecule has 0 aromatic heterocycles. The van der Waals surface area contributed by atoms with Gasteiger partial charge in [0.2, 0.25) is 0 Å². The maximum atomic E-state index is 9.15. The van der Waals surface area contributed by atoms with Crippen LogP contribution in [-0.4, -0.2) is 30.5 Å². The van der Waals surface area contributed by atoms with Gasteiger partial charge >= 0.3 is 0 Å². The standard InChI is InChI=1S/C14H18ClN3O/c15-12-4-2-1-3-10(12)7-18-14-8-17-6-5-11(14)13(16)9-19/h1-4,17,19H,5-9,16H2/b13-11-,18-14?. The van der Waals surface area contributed by atoms with Crippen LogP contribution < -0.4 is 11.1 Å². The number of halogens is 1. The van der Waals surface area contributed by atoms with Crippen molar-refractivity contribution in [3.63, 3.8) is 0 Å². The molecule has 4 nitrogen and oxygen atoms in total. The Balaban J connectivity index is 2.19. The van der Waals surface area contributed by atoms with Gasteiger partial charge in [0.15, 0.2) is 0 Å². The van der Waals surface area contributed by atoms with Gasteiger partial charge in [0, 0.05) is 17.3 Å². The molecule has 5 heteroatoms. The average Bonchev–Trinajstić information content (AvgIpc) is 2.46. The Morgan fingerprint density at radius 3 is 2.95 bits per heavy atom. The Kier molecular flexibility index (Phi) is 4.96. The lowest BCUT2D eigenvalue weighted by atomic mass is 10.0. The van der Waals surface area contributed by atoms with Gasteiger partial charge in [-0.15, -0.1) is 0 Å². The van der Waals surface area contributed by atoms with E-state index in [0.717, 1.165) is 34.8 Å². The lowest BCUT2D eigenvalue weighted by molar-refractivity contribution is 0.328. The molecule has 1 aromatic carbocycles. The highest BCUT2D eigenvalue weighted by atomic mass is 35.5. The topological polar surface area (TPSA) is 70.6 Å². The fraction of sp³-hybridized carbons (Fsp3) is 0.357. The zero-order chi connectivity index (χ0) is 13.7. The molecular weight excluding hydrogens is 262 g/mol. The van der Waals surface area contributed by atoms with Crippen molar-refractivity contribution in [1.29, 1.82) is 0 Å². The van der Waals surface area contributed by atoms with Gasteiger partial charge in [0.05, 0.1) is 18.9 Å². The van der Waals surface area contributed by atoms with E-state index in [0.29, 0.717) is 18.8 Å². The molecule has 0 aliphatic carbocycles. The first-order valence-corrected chi connectivity index (χ1v) is 6.66. The van der Waals surface area contributed by atoms with E-state index in [4.69, 9.17) is 22.4 Å². The quantitative estimate of drug-likeness (QED) is 0.785. The summed E-state index contributed by atoms with van der Waals surface area (Å²) in [6, 6.07) is 7.66. The highest BCUT2D eigenvalue weighted by Gasteiger charge is 2.15. The molecular formula is C14H18ClN3O. The first-order valence-electron chi connectivity index (χ1n) is 6.28. The van der Waals surface area contributed by atoms with Gasteiger partial charge < -0.3 is 16.2 Å². The van der Waals surface area contributed by atoms with Crippen LogP contribution in [0.1, 0.15) is 12.0 Å². The van der Waals surface area contributed by atoms with E-state index in [-0.39, 0.29) is 6.61 Å². The molecule has 1 aliphatic rings. The molecule has 0 amide bonds. The van der Waals surface area contributed by atoms with Crippen LogP contribution in [0.2, 0.25) is 5.02 Å². The Hall–Kier alpha value is -1.36. The number of aliphatic hydroxyl groups is 1. The lowest BCUT2D eigenvalue weighted by Gasteiger charge is -2.20. The minimum atomic E-state index is -0.125. The SMILES string of the molecule is N/C(CO)=C1/CCNCC1=NCc1ccccc1Cl. The summed E-state index contributed by atoms with van der Waals surface area (Å²) in [5.74, 6) is 0. The molecule has 0 atom stereocenters. The number of rotatable bonds is 3. The van der Waals surface area contributed by atoms with E-state index in [1.165, 1.54) is 0 Å². The summed E-state index contributed by atoms with van der Waals surface area (Å²) in [4.78, 5) is 4.59. The minimum Gasteiger partial charge on any atom is -0.400 e. The van der Waals surface area contributed by atoms with Crippen molar-refractivity contribution in [1.82, 2.24) is 5.32 Å². The van der Waals surface area contributed by atoms with Gasteiger partial charge in [-0.3, -0.25) is 4.99 Å². The molecule has 0 bridgehead atoms. The summed E-state index contributed by atoms with van der Waals surface area (Å²) in [5, 5.41) is 13.1. The van der Waals surface area contributed by atoms with Crippen molar-refractivity contribution in [3.8, 4) is 0 Å². The third-order valence-corrected chi connectivity index (χ3v) is 3.52. The van der Waals surface area contributed by atoms with Crippen molar-refractivity contribution in [2.45, 2.75) is 13.0 Å². The molecule has 102 valence electrons. The van der Waals surface area contributed by atoms with E-state index in [2.05, 4.69) is 10.3 Å². The molecule has 1 aromatic rings. The third kappa shape index (κ3) is 3.56. The highest BCUT2D eigenvalue weighted by molar-refractivity contribution is 6.31. The molecule has 2 rings (SSSR count). The van der Waals surface area contributed by atoms with Crippen LogP contribution in [0.3, 0.4) is 0 Å². The van der Waals surface area contributed by atoms with Crippen LogP contribution in [0.4, 0.5) is 0 Å². The number of benzene rings is 1. The largest absolute Gasteiger partial charge is 0.400 e. The summed E-state index contributed by atoms with van der Waals surface area (Å²) in [7, 11) is 0. The summed E-state index contributed by atoms with van der Waals surface area (Å²) in [5.41, 5.74) is 9.22. The highest BCUT2D eigenvalue weighted by Crippen LogP contribution is 2.17. The number of aliphatic imine (C=N–C) groups is 1. The minimum absolute atomic E-state index is 0.125. The van der Waals surface area contributed by atoms with Crippen LogP contribution in [0.15, 0.2) is 40.5 Å². The maximum Gasteiger partial charge on any atom is 0.0828 e. The Morgan fingerprint density at radius 2 is 2.21 bits per heavy atom. The van der Waals surface area contributed by atoms with Gasteiger partial charge in [0.1, 0.15) is 0 Å². The molecule has 4 N–H and O–H groups in total. The van der Waals surface area contributed by atoms with Crippen LogP contribution >= 0.6 is 11.6 Å². The number of piperidine rings is 1. The van der Waals surface area contributed by atoms with Crippen LogP contribution in [-0.2, 0) is 6.54 Å². The smallest absolute Gasteiger partial charge is 0.0828 e. The summed E-state index contributed by atoms with van der Waals surface area (Å²) in [6.07, 6.45) is 0.799. The molecule has 0 saturated carbocycles. The Bertz CT molecular complexity index is 511. The van der Waals surface area contributed by atoms with Crippen LogP contribution in [0.5, 0.6) is 0 Å². The number of nitrogens with two attached hydrogens (primary N) is 1. The molecule has 1 fully saturated rings. The third-order valence-electron chi connectivity index (χ3n) is 3.15. The van der Waals surface area contributed by atoms with Crippen LogP contribution in [0, 0.1) is 0 Å². The van der Waals surface area contributed by atoms with Gasteiger partial charge in [-0.05, 0) is 30.2 Å². The molecule has 0 unspecified atom stereocenters. The van der Waals surface area contributed by atoms with E-state index in [1.54, 1.807) is 0 Å². The van der Waals surface area contributed by atoms with E-state index in [1.807, 2.05) is 24.3 Å². The zero-order valence-corrected chi connectivity index (χ0v) is 11.5. The van der Waals surface area contributed by atoms with E-state index >= 15 is 0 Å². The zero-order valence-electron chi connectivity index (χ0n) is 10.7. The van der Waals surface area contributed by atoms with E-state index < -0.39 is 0 Å². The number of hydrogen-bond acceptors (Lipinski definition) is 4. The molecule has 1 heterocycles. The van der Waals surface area contributed by atoms with Crippen molar-refractivity contribution < 1.29 is 5.11 Å². The average molecular weight is 280 g/mol. The first-order chi connectivity index (χ1) is 9.22. The van der Waals surface area contributed by atoms with Gasteiger partial charge in [-0.25, -0.2) is 0 Å². The molecule has 1 aliphatic heterocycles. The normalized spacial score (nSPS) is 20.6. The monoisotopic (exact) mass is 279 g/mol. The molecule has 0 radical (unpaired) electrons. The van der Waals surface area contributed by atoms with Crippen molar-refractivity contribution in [2.24, 2.45) is 10.7 Å². The number of aliphatic hydroxyl groups excluding tert-OH is 1. The fourth-order valence-electron chi connectivity index (χ4n) is 2.07. The molecule has 19 heavy (non-hydrogen) atoms. The second-order valence-electron chi connectivity index (χ2n) is 4.44. The van der Waals surface area contributed by atoms with Gasteiger partial charge in [0.25, 0.3) is 0 Å². The number of hydrogen-bond donors (Lipinski definition) is 3. The first kappa shape index (κ1) is 14.1. The Morgan fingerprint density at radius 1 is 1.42 bits per heavy atom. The molecule has 0 spiro atoms.